The Kier molecular flexibility index (Phi) is 5.15. The maximum absolute atomic E-state index is 8.93. The Labute approximate surface area is 115 Å². The number of rotatable bonds is 5. The van der Waals surface area contributed by atoms with Crippen molar-refractivity contribution in [3.05, 3.63) is 22.9 Å². The summed E-state index contributed by atoms with van der Waals surface area (Å²) in [7, 11) is 1.99. The highest BCUT2D eigenvalue weighted by molar-refractivity contribution is 6.02. The average Bonchev–Trinajstić information content (AvgIpc) is 2.36. The van der Waals surface area contributed by atoms with Crippen molar-refractivity contribution in [1.29, 1.82) is 0 Å². The lowest BCUT2D eigenvalue weighted by molar-refractivity contribution is 0.318. The molecule has 0 bridgehead atoms. The molecule has 0 saturated heterocycles. The van der Waals surface area contributed by atoms with Crippen molar-refractivity contribution in [1.82, 2.24) is 4.98 Å². The van der Waals surface area contributed by atoms with Crippen LogP contribution in [0.1, 0.15) is 37.1 Å². The summed E-state index contributed by atoms with van der Waals surface area (Å²) in [5, 5.41) is 12.1. The second-order valence-corrected chi connectivity index (χ2v) is 5.16. The zero-order chi connectivity index (χ0) is 14.6. The first-order valence-electron chi connectivity index (χ1n) is 6.57. The maximum atomic E-state index is 8.93. The van der Waals surface area contributed by atoms with E-state index in [0.29, 0.717) is 11.5 Å². The molecule has 1 aromatic rings. The SMILES string of the molecule is CCC(C)CN(C)c1nc(C)cc(C)c1C(N)=NO. The minimum Gasteiger partial charge on any atom is -0.409 e. The monoisotopic (exact) mass is 264 g/mol. The van der Waals surface area contributed by atoms with Crippen molar-refractivity contribution in [3.8, 4) is 0 Å². The minimum atomic E-state index is 0.107. The third-order valence-electron chi connectivity index (χ3n) is 3.33. The van der Waals surface area contributed by atoms with E-state index in [1.807, 2.05) is 27.0 Å². The van der Waals surface area contributed by atoms with Gasteiger partial charge >= 0.3 is 0 Å². The number of nitrogens with zero attached hydrogens (tertiary/aromatic N) is 3. The van der Waals surface area contributed by atoms with Crippen molar-refractivity contribution in [3.63, 3.8) is 0 Å². The van der Waals surface area contributed by atoms with Crippen LogP contribution < -0.4 is 10.6 Å². The molecule has 0 aliphatic heterocycles. The lowest BCUT2D eigenvalue weighted by Gasteiger charge is -2.25. The van der Waals surface area contributed by atoms with Gasteiger partial charge in [0.15, 0.2) is 5.84 Å². The molecule has 0 amide bonds. The fourth-order valence-corrected chi connectivity index (χ4v) is 2.14. The van der Waals surface area contributed by atoms with Gasteiger partial charge in [-0.05, 0) is 31.4 Å². The Balaban J connectivity index is 3.24. The fourth-order valence-electron chi connectivity index (χ4n) is 2.14. The highest BCUT2D eigenvalue weighted by Gasteiger charge is 2.17. The molecule has 5 heteroatoms. The van der Waals surface area contributed by atoms with Gasteiger partial charge in [0, 0.05) is 19.3 Å². The number of oxime groups is 1. The molecule has 1 atom stereocenters. The number of hydrogen-bond donors (Lipinski definition) is 2. The molecule has 106 valence electrons. The number of pyridine rings is 1. The summed E-state index contributed by atoms with van der Waals surface area (Å²) < 4.78 is 0. The van der Waals surface area contributed by atoms with Crippen LogP contribution in [0.15, 0.2) is 11.2 Å². The Morgan fingerprint density at radius 3 is 2.68 bits per heavy atom. The Hall–Kier alpha value is -1.78. The molecule has 19 heavy (non-hydrogen) atoms. The van der Waals surface area contributed by atoms with E-state index in [2.05, 4.69) is 28.9 Å². The molecule has 0 saturated carbocycles. The fraction of sp³-hybridized carbons (Fsp3) is 0.571. The molecule has 0 fully saturated rings. The maximum Gasteiger partial charge on any atom is 0.174 e. The number of anilines is 1. The first-order valence-corrected chi connectivity index (χ1v) is 6.57. The molecular formula is C14H24N4O. The van der Waals surface area contributed by atoms with E-state index < -0.39 is 0 Å². The lowest BCUT2D eigenvalue weighted by atomic mass is 10.1. The van der Waals surface area contributed by atoms with Crippen LogP contribution in [0, 0.1) is 19.8 Å². The number of hydrogen-bond acceptors (Lipinski definition) is 4. The van der Waals surface area contributed by atoms with Crippen molar-refractivity contribution >= 4 is 11.7 Å². The highest BCUT2D eigenvalue weighted by Crippen LogP contribution is 2.22. The molecule has 0 aliphatic carbocycles. The van der Waals surface area contributed by atoms with Crippen LogP contribution in [0.2, 0.25) is 0 Å². The van der Waals surface area contributed by atoms with Gasteiger partial charge in [0.05, 0.1) is 5.56 Å². The normalized spacial score (nSPS) is 13.4. The van der Waals surface area contributed by atoms with Crippen molar-refractivity contribution in [2.45, 2.75) is 34.1 Å². The second-order valence-electron chi connectivity index (χ2n) is 5.16. The van der Waals surface area contributed by atoms with E-state index in [-0.39, 0.29) is 5.84 Å². The van der Waals surface area contributed by atoms with Gasteiger partial charge in [-0.2, -0.15) is 0 Å². The van der Waals surface area contributed by atoms with Crippen LogP contribution in [0.4, 0.5) is 5.82 Å². The number of aryl methyl sites for hydroxylation is 2. The average molecular weight is 264 g/mol. The predicted octanol–water partition coefficient (Wildman–Crippen LogP) is 2.28. The van der Waals surface area contributed by atoms with Gasteiger partial charge in [-0.15, -0.1) is 0 Å². The van der Waals surface area contributed by atoms with Crippen molar-refractivity contribution in [2.75, 3.05) is 18.5 Å². The van der Waals surface area contributed by atoms with Gasteiger partial charge in [0.2, 0.25) is 0 Å². The van der Waals surface area contributed by atoms with Gasteiger partial charge in [0.1, 0.15) is 5.82 Å². The molecule has 1 aromatic heterocycles. The molecular weight excluding hydrogens is 240 g/mol. The molecule has 0 aromatic carbocycles. The number of aromatic nitrogens is 1. The molecule has 1 rings (SSSR count). The van der Waals surface area contributed by atoms with E-state index in [9.17, 15) is 0 Å². The summed E-state index contributed by atoms with van der Waals surface area (Å²) in [5.41, 5.74) is 8.38. The Morgan fingerprint density at radius 2 is 2.16 bits per heavy atom. The molecule has 0 aliphatic rings. The number of nitrogens with two attached hydrogens (primary N) is 1. The molecule has 0 spiro atoms. The van der Waals surface area contributed by atoms with Crippen LogP contribution in [0.25, 0.3) is 0 Å². The molecule has 0 radical (unpaired) electrons. The quantitative estimate of drug-likeness (QED) is 0.370. The van der Waals surface area contributed by atoms with Gasteiger partial charge < -0.3 is 15.8 Å². The summed E-state index contributed by atoms with van der Waals surface area (Å²) >= 11 is 0. The van der Waals surface area contributed by atoms with E-state index in [0.717, 1.165) is 30.0 Å². The van der Waals surface area contributed by atoms with Gasteiger partial charge in [-0.3, -0.25) is 0 Å². The largest absolute Gasteiger partial charge is 0.409 e. The zero-order valence-electron chi connectivity index (χ0n) is 12.4. The molecule has 3 N–H and O–H groups in total. The molecule has 1 unspecified atom stereocenters. The van der Waals surface area contributed by atoms with E-state index in [1.165, 1.54) is 0 Å². The van der Waals surface area contributed by atoms with Crippen LogP contribution in [0.5, 0.6) is 0 Å². The van der Waals surface area contributed by atoms with Crippen LogP contribution in [-0.4, -0.2) is 29.6 Å². The summed E-state index contributed by atoms with van der Waals surface area (Å²) in [4.78, 5) is 6.62. The summed E-state index contributed by atoms with van der Waals surface area (Å²) in [6, 6.07) is 1.94. The lowest BCUT2D eigenvalue weighted by Crippen LogP contribution is -2.29. The predicted molar refractivity (Wildman–Crippen MR) is 78.9 cm³/mol. The highest BCUT2D eigenvalue weighted by atomic mass is 16.4. The van der Waals surface area contributed by atoms with Gasteiger partial charge in [-0.1, -0.05) is 25.4 Å². The van der Waals surface area contributed by atoms with Gasteiger partial charge in [0.25, 0.3) is 0 Å². The third-order valence-corrected chi connectivity index (χ3v) is 3.33. The standard InChI is InChI=1S/C14H24N4O/c1-6-9(2)8-18(5)14-12(13(15)17-19)10(3)7-11(4)16-14/h7,9,19H,6,8H2,1-5H3,(H2,15,17). The van der Waals surface area contributed by atoms with Crippen LogP contribution in [-0.2, 0) is 0 Å². The number of amidine groups is 1. The zero-order valence-corrected chi connectivity index (χ0v) is 12.4. The smallest absolute Gasteiger partial charge is 0.174 e. The van der Waals surface area contributed by atoms with Crippen molar-refractivity contribution < 1.29 is 5.21 Å². The van der Waals surface area contributed by atoms with Crippen molar-refractivity contribution in [2.24, 2.45) is 16.8 Å². The Morgan fingerprint density at radius 1 is 1.53 bits per heavy atom. The molecule has 5 nitrogen and oxygen atoms in total. The summed E-state index contributed by atoms with van der Waals surface area (Å²) in [5.74, 6) is 1.44. The van der Waals surface area contributed by atoms with Crippen LogP contribution in [0.3, 0.4) is 0 Å². The van der Waals surface area contributed by atoms with Gasteiger partial charge in [-0.25, -0.2) is 4.98 Å². The third kappa shape index (κ3) is 3.59. The Bertz CT molecular complexity index is 471. The van der Waals surface area contributed by atoms with Crippen LogP contribution >= 0.6 is 0 Å². The minimum absolute atomic E-state index is 0.107. The molecule has 1 heterocycles. The van der Waals surface area contributed by atoms with E-state index >= 15 is 0 Å². The first kappa shape index (κ1) is 15.3. The first-order chi connectivity index (χ1) is 8.90. The van der Waals surface area contributed by atoms with E-state index in [1.54, 1.807) is 0 Å². The van der Waals surface area contributed by atoms with E-state index in [4.69, 9.17) is 10.9 Å². The second kappa shape index (κ2) is 6.41. The summed E-state index contributed by atoms with van der Waals surface area (Å²) in [6.45, 7) is 9.14. The topological polar surface area (TPSA) is 74.7 Å². The summed E-state index contributed by atoms with van der Waals surface area (Å²) in [6.07, 6.45) is 1.11.